The van der Waals surface area contributed by atoms with Crippen molar-refractivity contribution in [1.82, 2.24) is 15.5 Å². The van der Waals surface area contributed by atoms with E-state index < -0.39 is 9.84 Å². The Hall–Kier alpha value is -0.950. The van der Waals surface area contributed by atoms with Crippen LogP contribution in [0.3, 0.4) is 0 Å². The first-order valence-corrected chi connectivity index (χ1v) is 6.17. The van der Waals surface area contributed by atoms with Gasteiger partial charge in [-0.15, -0.1) is 0 Å². The number of sulfone groups is 1. The molecule has 0 saturated carbocycles. The summed E-state index contributed by atoms with van der Waals surface area (Å²) in [6, 6.07) is -0.103. The second kappa shape index (κ2) is 3.66. The van der Waals surface area contributed by atoms with Gasteiger partial charge < -0.3 is 9.84 Å². The fourth-order valence-corrected chi connectivity index (χ4v) is 2.94. The third-order valence-electron chi connectivity index (χ3n) is 2.13. The maximum absolute atomic E-state index is 11.3. The Kier molecular flexibility index (Phi) is 2.51. The van der Waals surface area contributed by atoms with Crippen LogP contribution in [0.25, 0.3) is 0 Å². The van der Waals surface area contributed by atoms with Gasteiger partial charge in [-0.2, -0.15) is 4.98 Å². The number of aromatic nitrogens is 2. The molecule has 1 aromatic heterocycles. The van der Waals surface area contributed by atoms with E-state index in [1.165, 1.54) is 6.33 Å². The van der Waals surface area contributed by atoms with Crippen LogP contribution in [0.4, 0.5) is 0 Å². The Labute approximate surface area is 81.6 Å². The molecule has 1 aromatic rings. The van der Waals surface area contributed by atoms with E-state index in [4.69, 9.17) is 4.52 Å². The number of rotatable bonds is 2. The number of nitrogens with one attached hydrogen (secondary N) is 1. The highest BCUT2D eigenvalue weighted by molar-refractivity contribution is 7.91. The fourth-order valence-electron chi connectivity index (χ4n) is 1.50. The molecule has 1 unspecified atom stereocenters. The second-order valence-electron chi connectivity index (χ2n) is 3.30. The Morgan fingerprint density at radius 2 is 2.50 bits per heavy atom. The molecule has 2 rings (SSSR count). The summed E-state index contributed by atoms with van der Waals surface area (Å²) >= 11 is 0. The van der Waals surface area contributed by atoms with E-state index in [1.807, 2.05) is 0 Å². The van der Waals surface area contributed by atoms with Crippen LogP contribution in [-0.4, -0.2) is 42.7 Å². The van der Waals surface area contributed by atoms with Crippen molar-refractivity contribution in [2.45, 2.75) is 12.5 Å². The molecule has 1 aliphatic rings. The number of hydrogen-bond donors (Lipinski definition) is 1. The third-order valence-corrected chi connectivity index (χ3v) is 3.87. The van der Waals surface area contributed by atoms with Crippen molar-refractivity contribution in [3.63, 3.8) is 0 Å². The maximum atomic E-state index is 11.3. The van der Waals surface area contributed by atoms with Gasteiger partial charge in [0.25, 0.3) is 0 Å². The monoisotopic (exact) mass is 217 g/mol. The minimum Gasteiger partial charge on any atom is -0.340 e. The zero-order valence-corrected chi connectivity index (χ0v) is 8.33. The lowest BCUT2D eigenvalue weighted by atomic mass is 10.2. The van der Waals surface area contributed by atoms with Gasteiger partial charge in [-0.25, -0.2) is 8.42 Å². The van der Waals surface area contributed by atoms with E-state index in [2.05, 4.69) is 15.5 Å². The van der Waals surface area contributed by atoms with Crippen LogP contribution >= 0.6 is 0 Å². The van der Waals surface area contributed by atoms with Gasteiger partial charge in [0, 0.05) is 19.0 Å². The predicted molar refractivity (Wildman–Crippen MR) is 48.4 cm³/mol. The SMILES string of the molecule is O=S1(=O)CCNC(Cc2ncno2)C1. The van der Waals surface area contributed by atoms with Crippen LogP contribution in [-0.2, 0) is 16.3 Å². The van der Waals surface area contributed by atoms with Crippen LogP contribution in [0.5, 0.6) is 0 Å². The molecule has 0 spiro atoms. The van der Waals surface area contributed by atoms with E-state index in [-0.39, 0.29) is 17.5 Å². The summed E-state index contributed by atoms with van der Waals surface area (Å²) < 4.78 is 27.4. The standard InChI is InChI=1S/C7H11N3O3S/c11-14(12)2-1-8-6(4-14)3-7-9-5-10-13-7/h5-6,8H,1-4H2. The molecule has 0 aromatic carbocycles. The molecule has 0 amide bonds. The van der Waals surface area contributed by atoms with Gasteiger partial charge in [0.2, 0.25) is 5.89 Å². The predicted octanol–water partition coefficient (Wildman–Crippen LogP) is -1.00. The van der Waals surface area contributed by atoms with Crippen LogP contribution in [0, 0.1) is 0 Å². The molecule has 0 bridgehead atoms. The first-order chi connectivity index (χ1) is 6.66. The Balaban J connectivity index is 1.99. The van der Waals surface area contributed by atoms with E-state index in [9.17, 15) is 8.42 Å². The normalized spacial score (nSPS) is 26.1. The van der Waals surface area contributed by atoms with Crippen molar-refractivity contribution in [1.29, 1.82) is 0 Å². The lowest BCUT2D eigenvalue weighted by Gasteiger charge is -2.21. The van der Waals surface area contributed by atoms with Crippen molar-refractivity contribution in [2.75, 3.05) is 18.1 Å². The molecule has 1 atom stereocenters. The Bertz CT molecular complexity index is 386. The van der Waals surface area contributed by atoms with Gasteiger partial charge in [0.1, 0.15) is 0 Å². The lowest BCUT2D eigenvalue weighted by Crippen LogP contribution is -2.46. The lowest BCUT2D eigenvalue weighted by molar-refractivity contribution is 0.360. The van der Waals surface area contributed by atoms with Crippen molar-refractivity contribution in [3.05, 3.63) is 12.2 Å². The third kappa shape index (κ3) is 2.30. The van der Waals surface area contributed by atoms with Gasteiger partial charge >= 0.3 is 0 Å². The molecule has 78 valence electrons. The molecule has 0 radical (unpaired) electrons. The molecule has 7 heteroatoms. The minimum atomic E-state index is -2.89. The average Bonchev–Trinajstić information content (AvgIpc) is 2.54. The molecule has 14 heavy (non-hydrogen) atoms. The Morgan fingerprint density at radius 1 is 1.64 bits per heavy atom. The van der Waals surface area contributed by atoms with Gasteiger partial charge in [-0.3, -0.25) is 0 Å². The summed E-state index contributed by atoms with van der Waals surface area (Å²) in [4.78, 5) is 3.85. The highest BCUT2D eigenvalue weighted by atomic mass is 32.2. The van der Waals surface area contributed by atoms with Crippen molar-refractivity contribution < 1.29 is 12.9 Å². The van der Waals surface area contributed by atoms with Crippen molar-refractivity contribution >= 4 is 9.84 Å². The van der Waals surface area contributed by atoms with Crippen LogP contribution in [0.2, 0.25) is 0 Å². The summed E-state index contributed by atoms with van der Waals surface area (Å²) in [6.07, 6.45) is 1.78. The van der Waals surface area contributed by atoms with Crippen LogP contribution in [0.1, 0.15) is 5.89 Å². The molecule has 6 nitrogen and oxygen atoms in total. The second-order valence-corrected chi connectivity index (χ2v) is 5.53. The zero-order valence-electron chi connectivity index (χ0n) is 7.51. The smallest absolute Gasteiger partial charge is 0.227 e. The molecular weight excluding hydrogens is 206 g/mol. The molecule has 1 aliphatic heterocycles. The van der Waals surface area contributed by atoms with Gasteiger partial charge in [0.15, 0.2) is 16.2 Å². The first-order valence-electron chi connectivity index (χ1n) is 4.35. The van der Waals surface area contributed by atoms with Crippen molar-refractivity contribution in [2.24, 2.45) is 0 Å². The van der Waals surface area contributed by atoms with Crippen molar-refractivity contribution in [3.8, 4) is 0 Å². The van der Waals surface area contributed by atoms with E-state index in [1.54, 1.807) is 0 Å². The summed E-state index contributed by atoms with van der Waals surface area (Å²) in [5.41, 5.74) is 0. The molecule has 1 fully saturated rings. The van der Waals surface area contributed by atoms with E-state index >= 15 is 0 Å². The molecule has 0 aliphatic carbocycles. The average molecular weight is 217 g/mol. The summed E-state index contributed by atoms with van der Waals surface area (Å²) in [5.74, 6) is 0.836. The van der Waals surface area contributed by atoms with Crippen LogP contribution < -0.4 is 5.32 Å². The Morgan fingerprint density at radius 3 is 3.14 bits per heavy atom. The first kappa shape index (κ1) is 9.60. The molecule has 1 saturated heterocycles. The molecular formula is C7H11N3O3S. The van der Waals surface area contributed by atoms with Gasteiger partial charge in [-0.05, 0) is 0 Å². The zero-order chi connectivity index (χ0) is 10.0. The largest absolute Gasteiger partial charge is 0.340 e. The quantitative estimate of drug-likeness (QED) is 0.684. The molecule has 1 N–H and O–H groups in total. The van der Waals surface area contributed by atoms with Gasteiger partial charge in [-0.1, -0.05) is 5.16 Å². The highest BCUT2D eigenvalue weighted by Gasteiger charge is 2.25. The summed E-state index contributed by atoms with van der Waals surface area (Å²) in [6.45, 7) is 0.501. The number of hydrogen-bond acceptors (Lipinski definition) is 6. The van der Waals surface area contributed by atoms with Crippen LogP contribution in [0.15, 0.2) is 10.9 Å². The summed E-state index contributed by atoms with van der Waals surface area (Å²) in [5, 5.41) is 6.57. The number of nitrogens with zero attached hydrogens (tertiary/aromatic N) is 2. The maximum Gasteiger partial charge on any atom is 0.227 e. The fraction of sp³-hybridized carbons (Fsp3) is 0.714. The van der Waals surface area contributed by atoms with E-state index in [0.717, 1.165) is 0 Å². The topological polar surface area (TPSA) is 85.1 Å². The summed E-state index contributed by atoms with van der Waals surface area (Å²) in [7, 11) is -2.89. The minimum absolute atomic E-state index is 0.103. The molecule has 2 heterocycles. The highest BCUT2D eigenvalue weighted by Crippen LogP contribution is 2.06. The van der Waals surface area contributed by atoms with E-state index in [0.29, 0.717) is 18.9 Å². The van der Waals surface area contributed by atoms with Gasteiger partial charge in [0.05, 0.1) is 11.5 Å².